The van der Waals surface area contributed by atoms with Gasteiger partial charge in [0.15, 0.2) is 0 Å². The quantitative estimate of drug-likeness (QED) is 0.664. The highest BCUT2D eigenvalue weighted by atomic mass is 35.5. The molecule has 1 aromatic heterocycles. The maximum Gasteiger partial charge on any atom is 0.105 e. The van der Waals surface area contributed by atoms with E-state index in [1.165, 1.54) is 29.7 Å². The van der Waals surface area contributed by atoms with Gasteiger partial charge >= 0.3 is 0 Å². The first kappa shape index (κ1) is 7.44. The van der Waals surface area contributed by atoms with Crippen LogP contribution in [0.1, 0.15) is 23.3 Å². The van der Waals surface area contributed by atoms with Gasteiger partial charge in [-0.2, -0.15) is 0 Å². The van der Waals surface area contributed by atoms with Crippen molar-refractivity contribution in [1.29, 1.82) is 0 Å². The molecule has 0 aromatic carbocycles. The Morgan fingerprint density at radius 2 is 2.00 bits per heavy atom. The zero-order chi connectivity index (χ0) is 7.84. The van der Waals surface area contributed by atoms with E-state index in [0.717, 1.165) is 16.4 Å². The smallest absolute Gasteiger partial charge is 0.105 e. The van der Waals surface area contributed by atoms with Crippen LogP contribution in [-0.2, 0) is 12.8 Å². The minimum Gasteiger partial charge on any atom is -0.389 e. The van der Waals surface area contributed by atoms with Crippen molar-refractivity contribution < 1.29 is 0 Å². The molecule has 0 spiro atoms. The van der Waals surface area contributed by atoms with Crippen molar-refractivity contribution in [3.05, 3.63) is 15.5 Å². The summed E-state index contributed by atoms with van der Waals surface area (Å²) >= 11 is 7.67. The summed E-state index contributed by atoms with van der Waals surface area (Å²) in [5, 5.41) is 1.63. The van der Waals surface area contributed by atoms with Crippen LogP contribution in [0.15, 0.2) is 0 Å². The van der Waals surface area contributed by atoms with Gasteiger partial charge in [0.05, 0.1) is 5.02 Å². The molecule has 1 aliphatic carbocycles. The number of nitrogens with two attached hydrogens (primary N) is 1. The average molecular weight is 188 g/mol. The number of anilines is 1. The molecule has 1 nitrogen and oxygen atoms in total. The molecule has 1 heterocycles. The Bertz CT molecular complexity index is 280. The van der Waals surface area contributed by atoms with Crippen LogP contribution in [0.5, 0.6) is 0 Å². The standard InChI is InChI=1S/C8H10ClNS/c9-7-5-3-1-2-4-6(5)11-8(7)10/h1-4,10H2. The molecule has 0 amide bonds. The summed E-state index contributed by atoms with van der Waals surface area (Å²) in [6.07, 6.45) is 4.87. The second kappa shape index (κ2) is 2.68. The first-order chi connectivity index (χ1) is 5.29. The van der Waals surface area contributed by atoms with Gasteiger partial charge in [-0.15, -0.1) is 11.3 Å². The monoisotopic (exact) mass is 187 g/mol. The van der Waals surface area contributed by atoms with E-state index in [-0.39, 0.29) is 0 Å². The van der Waals surface area contributed by atoms with Crippen molar-refractivity contribution in [1.82, 2.24) is 0 Å². The van der Waals surface area contributed by atoms with Crippen molar-refractivity contribution in [2.24, 2.45) is 0 Å². The summed E-state index contributed by atoms with van der Waals surface area (Å²) in [7, 11) is 0. The Morgan fingerprint density at radius 1 is 1.27 bits per heavy atom. The Kier molecular flexibility index (Phi) is 1.81. The van der Waals surface area contributed by atoms with E-state index in [1.807, 2.05) is 0 Å². The van der Waals surface area contributed by atoms with Crippen molar-refractivity contribution in [2.75, 3.05) is 5.73 Å². The maximum atomic E-state index is 6.01. The molecule has 60 valence electrons. The molecule has 0 atom stereocenters. The van der Waals surface area contributed by atoms with Crippen LogP contribution in [0.2, 0.25) is 5.02 Å². The van der Waals surface area contributed by atoms with Crippen LogP contribution >= 0.6 is 22.9 Å². The summed E-state index contributed by atoms with van der Waals surface area (Å²) in [5.74, 6) is 0. The second-order valence-electron chi connectivity index (χ2n) is 2.89. The third-order valence-electron chi connectivity index (χ3n) is 2.13. The molecule has 0 unspecified atom stereocenters. The van der Waals surface area contributed by atoms with Gasteiger partial charge in [0.1, 0.15) is 5.00 Å². The molecule has 0 aliphatic heterocycles. The predicted molar refractivity (Wildman–Crippen MR) is 50.4 cm³/mol. The summed E-state index contributed by atoms with van der Waals surface area (Å²) < 4.78 is 0. The minimum absolute atomic E-state index is 0.804. The lowest BCUT2D eigenvalue weighted by molar-refractivity contribution is 0.697. The van der Waals surface area contributed by atoms with Gasteiger partial charge in [0, 0.05) is 4.88 Å². The first-order valence-electron chi connectivity index (χ1n) is 3.84. The van der Waals surface area contributed by atoms with Crippen molar-refractivity contribution in [3.8, 4) is 0 Å². The van der Waals surface area contributed by atoms with E-state index in [0.29, 0.717) is 0 Å². The Balaban J connectivity index is 2.50. The molecule has 0 fully saturated rings. The molecule has 0 bridgehead atoms. The van der Waals surface area contributed by atoms with Crippen molar-refractivity contribution in [3.63, 3.8) is 0 Å². The van der Waals surface area contributed by atoms with E-state index in [9.17, 15) is 0 Å². The summed E-state index contributed by atoms with van der Waals surface area (Å²) in [4.78, 5) is 1.42. The van der Waals surface area contributed by atoms with Crippen LogP contribution in [0.25, 0.3) is 0 Å². The van der Waals surface area contributed by atoms with Crippen molar-refractivity contribution in [2.45, 2.75) is 25.7 Å². The van der Waals surface area contributed by atoms with E-state index >= 15 is 0 Å². The number of hydrogen-bond acceptors (Lipinski definition) is 2. The number of nitrogen functional groups attached to an aromatic ring is 1. The number of halogens is 1. The van der Waals surface area contributed by atoms with Crippen LogP contribution in [0.3, 0.4) is 0 Å². The highest BCUT2D eigenvalue weighted by Crippen LogP contribution is 2.39. The highest BCUT2D eigenvalue weighted by molar-refractivity contribution is 7.16. The van der Waals surface area contributed by atoms with Gasteiger partial charge in [-0.1, -0.05) is 11.6 Å². The van der Waals surface area contributed by atoms with Crippen LogP contribution in [0, 0.1) is 0 Å². The fourth-order valence-corrected chi connectivity index (χ4v) is 2.98. The number of fused-ring (bicyclic) bond motifs is 1. The largest absolute Gasteiger partial charge is 0.389 e. The lowest BCUT2D eigenvalue weighted by Gasteiger charge is -2.09. The molecule has 0 saturated heterocycles. The van der Waals surface area contributed by atoms with E-state index < -0.39 is 0 Å². The van der Waals surface area contributed by atoms with Crippen LogP contribution in [0.4, 0.5) is 5.00 Å². The Hall–Kier alpha value is -0.210. The molecule has 0 saturated carbocycles. The number of thiophene rings is 1. The number of rotatable bonds is 0. The Morgan fingerprint density at radius 3 is 2.73 bits per heavy atom. The average Bonchev–Trinajstić information content (AvgIpc) is 2.30. The fraction of sp³-hybridized carbons (Fsp3) is 0.500. The van der Waals surface area contributed by atoms with Crippen LogP contribution in [-0.4, -0.2) is 0 Å². The molecule has 3 heteroatoms. The molecule has 2 rings (SSSR count). The Labute approximate surface area is 75.2 Å². The SMILES string of the molecule is Nc1sc2c(c1Cl)CCCC2. The summed E-state index contributed by atoms with van der Waals surface area (Å²) in [5.41, 5.74) is 7.03. The normalized spacial score (nSPS) is 16.5. The third-order valence-corrected chi connectivity index (χ3v) is 3.80. The van der Waals surface area contributed by atoms with Gasteiger partial charge in [0.25, 0.3) is 0 Å². The third kappa shape index (κ3) is 1.14. The zero-order valence-electron chi connectivity index (χ0n) is 6.19. The van der Waals surface area contributed by atoms with Gasteiger partial charge in [-0.3, -0.25) is 0 Å². The van der Waals surface area contributed by atoms with Gasteiger partial charge in [0.2, 0.25) is 0 Å². The minimum atomic E-state index is 0.804. The van der Waals surface area contributed by atoms with E-state index in [4.69, 9.17) is 17.3 Å². The lowest BCUT2D eigenvalue weighted by Crippen LogP contribution is -1.97. The molecule has 2 N–H and O–H groups in total. The fourth-order valence-electron chi connectivity index (χ4n) is 1.55. The molecule has 0 radical (unpaired) electrons. The maximum absolute atomic E-state index is 6.01. The van der Waals surface area contributed by atoms with Gasteiger partial charge < -0.3 is 5.73 Å². The van der Waals surface area contributed by atoms with Crippen LogP contribution < -0.4 is 5.73 Å². The molecular formula is C8H10ClNS. The molecule has 11 heavy (non-hydrogen) atoms. The summed E-state index contributed by atoms with van der Waals surface area (Å²) in [6.45, 7) is 0. The lowest BCUT2D eigenvalue weighted by atomic mass is 9.99. The summed E-state index contributed by atoms with van der Waals surface area (Å²) in [6, 6.07) is 0. The van der Waals surface area contributed by atoms with Gasteiger partial charge in [-0.25, -0.2) is 0 Å². The van der Waals surface area contributed by atoms with Gasteiger partial charge in [-0.05, 0) is 31.2 Å². The topological polar surface area (TPSA) is 26.0 Å². The molecular weight excluding hydrogens is 178 g/mol. The molecule has 1 aromatic rings. The number of hydrogen-bond donors (Lipinski definition) is 1. The molecule has 1 aliphatic rings. The first-order valence-corrected chi connectivity index (χ1v) is 5.04. The highest BCUT2D eigenvalue weighted by Gasteiger charge is 2.17. The van der Waals surface area contributed by atoms with Crippen molar-refractivity contribution >= 4 is 27.9 Å². The zero-order valence-corrected chi connectivity index (χ0v) is 7.76. The van der Waals surface area contributed by atoms with E-state index in [2.05, 4.69) is 0 Å². The second-order valence-corrected chi connectivity index (χ2v) is 4.40. The predicted octanol–water partition coefficient (Wildman–Crippen LogP) is 2.86. The number of aryl methyl sites for hydroxylation is 1. The van der Waals surface area contributed by atoms with E-state index in [1.54, 1.807) is 11.3 Å².